The first kappa shape index (κ1) is 50.7. The number of rotatable bonds is 15. The van der Waals surface area contributed by atoms with Gasteiger partial charge in [-0.25, -0.2) is 14.4 Å². The van der Waals surface area contributed by atoms with Gasteiger partial charge in [0.2, 0.25) is 0 Å². The second-order valence-corrected chi connectivity index (χ2v) is 28.3. The summed E-state index contributed by atoms with van der Waals surface area (Å²) in [5.74, 6) is 8.38. The molecular weight excluding hydrogens is 1140 g/mol. The lowest BCUT2D eigenvalue weighted by Gasteiger charge is -2.59. The number of hydrogen-bond donors (Lipinski definition) is 0. The molecule has 9 nitrogen and oxygen atoms in total. The molecule has 0 amide bonds. The van der Waals surface area contributed by atoms with Crippen molar-refractivity contribution in [1.29, 1.82) is 0 Å². The Balaban J connectivity index is 0.784. The van der Waals surface area contributed by atoms with Crippen LogP contribution in [0.3, 0.4) is 0 Å². The van der Waals surface area contributed by atoms with Crippen LogP contribution in [0.4, 0.5) is 0 Å². The van der Waals surface area contributed by atoms with Gasteiger partial charge < -0.3 is 28.4 Å². The third-order valence-corrected chi connectivity index (χ3v) is 22.9. The number of aryl methyl sites for hydroxylation is 4. The quantitative estimate of drug-likeness (QED) is 0.0636. The van der Waals surface area contributed by atoms with Crippen LogP contribution in [-0.4, -0.2) is 54.5 Å². The maximum atomic E-state index is 13.6. The van der Waals surface area contributed by atoms with Crippen LogP contribution in [0.2, 0.25) is 0 Å². The zero-order chi connectivity index (χ0) is 50.9. The Labute approximate surface area is 460 Å². The predicted molar refractivity (Wildman–Crippen MR) is 296 cm³/mol. The summed E-state index contributed by atoms with van der Waals surface area (Å²) in [6, 6.07) is 13.0. The van der Waals surface area contributed by atoms with Crippen LogP contribution < -0.4 is 14.2 Å². The summed E-state index contributed by atoms with van der Waals surface area (Å²) in [5.41, 5.74) is 5.70. The second-order valence-electron chi connectivity index (χ2n) is 26.0. The fraction of sp³-hybridized carbons (Fsp3) is 0.661. The normalized spacial score (nSPS) is 37.3. The third-order valence-electron chi connectivity index (χ3n) is 21.3. The summed E-state index contributed by atoms with van der Waals surface area (Å²) in [6.45, 7) is 14.4. The van der Waals surface area contributed by atoms with E-state index in [-0.39, 0.29) is 43.6 Å². The molecule has 12 bridgehead atoms. The number of carbonyl (C=O) groups excluding carboxylic acids is 3. The molecule has 0 aromatic heterocycles. The minimum Gasteiger partial charge on any atom is -0.481 e. The Bertz CT molecular complexity index is 2260. The Morgan fingerprint density at radius 2 is 0.644 bits per heavy atom. The highest BCUT2D eigenvalue weighted by Gasteiger charge is 2.59. The molecule has 73 heavy (non-hydrogen) atoms. The van der Waals surface area contributed by atoms with Gasteiger partial charge in [-0.1, -0.05) is 24.3 Å². The van der Waals surface area contributed by atoms with E-state index in [1.165, 1.54) is 96.3 Å². The first-order valence-electron chi connectivity index (χ1n) is 28.1. The minimum atomic E-state index is -0.412. The topological polar surface area (TPSA) is 107 Å². The molecule has 0 radical (unpaired) electrons. The second kappa shape index (κ2) is 19.1. The van der Waals surface area contributed by atoms with Crippen molar-refractivity contribution in [1.82, 2.24) is 0 Å². The average molecular weight is 1220 g/mol. The van der Waals surface area contributed by atoms with Crippen molar-refractivity contribution < 1.29 is 42.8 Å². The highest BCUT2D eigenvalue weighted by atomic mass is 127. The molecule has 3 aromatic rings. The van der Waals surface area contributed by atoms with Crippen LogP contribution in [0.1, 0.15) is 162 Å². The van der Waals surface area contributed by atoms with Crippen LogP contribution >= 0.6 is 45.2 Å². The lowest BCUT2D eigenvalue weighted by atomic mass is 9.50. The fourth-order valence-electron chi connectivity index (χ4n) is 18.3. The molecule has 15 rings (SSSR count). The van der Waals surface area contributed by atoms with Crippen molar-refractivity contribution >= 4 is 63.1 Å². The van der Waals surface area contributed by atoms with Crippen molar-refractivity contribution in [3.63, 3.8) is 0 Å². The van der Waals surface area contributed by atoms with Crippen molar-refractivity contribution in [2.24, 2.45) is 71.0 Å². The maximum Gasteiger partial charge on any atom is 0.344 e. The van der Waals surface area contributed by atoms with E-state index in [9.17, 15) is 14.4 Å². The van der Waals surface area contributed by atoms with E-state index in [2.05, 4.69) is 130 Å². The Morgan fingerprint density at radius 3 is 0.904 bits per heavy atom. The average Bonchev–Trinajstić information content (AvgIpc) is 3.30. The van der Waals surface area contributed by atoms with Gasteiger partial charge in [0.1, 0.15) is 34.1 Å². The summed E-state index contributed by atoms with van der Waals surface area (Å²) < 4.78 is 40.2. The molecule has 12 aliphatic rings. The van der Waals surface area contributed by atoms with Crippen LogP contribution in [0, 0.1) is 106 Å². The van der Waals surface area contributed by atoms with E-state index < -0.39 is 16.8 Å². The molecule has 0 atom stereocenters. The number of esters is 3. The van der Waals surface area contributed by atoms with Gasteiger partial charge in [0, 0.05) is 5.92 Å². The molecule has 0 heterocycles. The van der Waals surface area contributed by atoms with E-state index in [4.69, 9.17) is 28.4 Å². The van der Waals surface area contributed by atoms with Crippen LogP contribution in [0.25, 0.3) is 0 Å². The molecule has 3 aromatic carbocycles. The Hall–Kier alpha value is -3.07. The van der Waals surface area contributed by atoms with Gasteiger partial charge >= 0.3 is 17.9 Å². The predicted octanol–water partition coefficient (Wildman–Crippen LogP) is 13.7. The summed E-state index contributed by atoms with van der Waals surface area (Å²) in [6.07, 6.45) is 18.1. The zero-order valence-corrected chi connectivity index (χ0v) is 48.4. The SMILES string of the molecule is Cc1cc(C(c2cc(C)c(OCC(=O)OC3(C)C4CC5CC(C4)CC3C5)c(C)c2)c2cc(I)c(OCC(=O)OC3(C)C4CC5CC(C4)CC3C5)c(I)c2)cc(C)c1OCC(=O)OC1(C)C2CC3CC(C2)CC1C3. The van der Waals surface area contributed by atoms with Crippen molar-refractivity contribution in [3.05, 3.63) is 82.5 Å². The van der Waals surface area contributed by atoms with Crippen molar-refractivity contribution in [3.8, 4) is 17.2 Å². The van der Waals surface area contributed by atoms with Crippen molar-refractivity contribution in [2.75, 3.05) is 19.8 Å². The van der Waals surface area contributed by atoms with Gasteiger partial charge in [-0.2, -0.15) is 0 Å². The monoisotopic (exact) mass is 1220 g/mol. The molecule has 12 saturated carbocycles. The summed E-state index contributed by atoms with van der Waals surface area (Å²) >= 11 is 4.69. The number of halogens is 2. The highest BCUT2D eigenvalue weighted by Crippen LogP contribution is 2.62. The van der Waals surface area contributed by atoms with E-state index in [1.807, 2.05) is 0 Å². The van der Waals surface area contributed by atoms with E-state index in [0.717, 1.165) is 81.6 Å². The van der Waals surface area contributed by atoms with Crippen LogP contribution in [0.5, 0.6) is 17.2 Å². The zero-order valence-electron chi connectivity index (χ0n) is 44.1. The van der Waals surface area contributed by atoms with Crippen molar-refractivity contribution in [2.45, 2.75) is 167 Å². The molecule has 0 spiro atoms. The smallest absolute Gasteiger partial charge is 0.344 e. The molecule has 0 aliphatic heterocycles. The van der Waals surface area contributed by atoms with Gasteiger partial charge in [0.25, 0.3) is 0 Å². The van der Waals surface area contributed by atoms with E-state index in [0.29, 0.717) is 52.8 Å². The van der Waals surface area contributed by atoms with Gasteiger partial charge in [-0.15, -0.1) is 0 Å². The first-order chi connectivity index (χ1) is 34.8. The minimum absolute atomic E-state index is 0.131. The molecule has 0 unspecified atom stereocenters. The first-order valence-corrected chi connectivity index (χ1v) is 30.2. The Morgan fingerprint density at radius 1 is 0.411 bits per heavy atom. The lowest BCUT2D eigenvalue weighted by Crippen LogP contribution is -2.58. The van der Waals surface area contributed by atoms with E-state index >= 15 is 0 Å². The van der Waals surface area contributed by atoms with Gasteiger partial charge in [-0.3, -0.25) is 0 Å². The van der Waals surface area contributed by atoms with Gasteiger partial charge in [0.15, 0.2) is 19.8 Å². The fourth-order valence-corrected chi connectivity index (χ4v) is 20.4. The van der Waals surface area contributed by atoms with Crippen LogP contribution in [0.15, 0.2) is 36.4 Å². The summed E-state index contributed by atoms with van der Waals surface area (Å²) in [4.78, 5) is 40.9. The molecule has 12 aliphatic carbocycles. The van der Waals surface area contributed by atoms with Gasteiger partial charge in [0.05, 0.1) is 7.14 Å². The van der Waals surface area contributed by atoms with Crippen LogP contribution in [-0.2, 0) is 28.6 Å². The Kier molecular flexibility index (Phi) is 13.3. The molecule has 11 heteroatoms. The number of benzene rings is 3. The molecular formula is C62H76I2O9. The number of hydrogen-bond acceptors (Lipinski definition) is 9. The van der Waals surface area contributed by atoms with Gasteiger partial charge in [-0.05, 0) is 312 Å². The van der Waals surface area contributed by atoms with E-state index in [1.54, 1.807) is 0 Å². The molecule has 0 saturated heterocycles. The third kappa shape index (κ3) is 9.23. The molecule has 392 valence electrons. The number of ether oxygens (including phenoxy) is 6. The highest BCUT2D eigenvalue weighted by molar-refractivity contribution is 14.1. The lowest BCUT2D eigenvalue weighted by molar-refractivity contribution is -0.205. The largest absolute Gasteiger partial charge is 0.481 e. The summed E-state index contributed by atoms with van der Waals surface area (Å²) in [7, 11) is 0. The molecule has 0 N–H and O–H groups in total. The standard InChI is InChI=1S/C62H76I2O9/c1-32-8-42(9-33(2)57(32)68-29-53(65)71-60(5)45-15-36-12-37(17-45)18-46(60)16-36)56(43-10-34(3)58(35(4)11-43)69-30-54(66)72-61(6)47-19-38-13-39(21-47)22-48(61)20-38)44-27-51(63)59(52(64)28-44)70-31-55(67)73-62(7)49-23-40-14-41(25-49)26-50(62)24-40/h8-11,27-28,36-41,45-50,56H,12-26,29-31H2,1-7H3. The maximum absolute atomic E-state index is 13.6. The molecule has 12 fully saturated rings. The summed E-state index contributed by atoms with van der Waals surface area (Å²) in [5, 5.41) is 0. The number of carbonyl (C=O) groups is 3.